The van der Waals surface area contributed by atoms with E-state index in [2.05, 4.69) is 18.2 Å². The van der Waals surface area contributed by atoms with Crippen molar-refractivity contribution in [2.75, 3.05) is 27.3 Å². The lowest BCUT2D eigenvalue weighted by atomic mass is 9.83. The first kappa shape index (κ1) is 32.0. The van der Waals surface area contributed by atoms with Crippen LogP contribution < -0.4 is 0 Å². The number of aliphatic hydroxyl groups is 4. The Balaban J connectivity index is 1.56. The number of Topliss-reactive ketones (excluding diaryl/α,β-unsaturated/α-hetero) is 2. The molecule has 0 aromatic carbocycles. The maximum absolute atomic E-state index is 12.2. The van der Waals surface area contributed by atoms with Gasteiger partial charge in [0.05, 0.1) is 13.2 Å². The number of likely N-dealkylation sites (tertiary alicyclic amines) is 2. The van der Waals surface area contributed by atoms with Crippen LogP contribution in [0.3, 0.4) is 0 Å². The molecule has 0 spiro atoms. The van der Waals surface area contributed by atoms with Crippen molar-refractivity contribution in [3.8, 4) is 0 Å². The first-order valence-electron chi connectivity index (χ1n) is 13.5. The Hall–Kier alpha value is -4.54. The lowest BCUT2D eigenvalue weighted by molar-refractivity contribution is -0.126. The molecule has 3 rings (SSSR count). The Labute approximate surface area is 244 Å². The van der Waals surface area contributed by atoms with Gasteiger partial charge in [-0.25, -0.2) is 0 Å². The smallest absolute Gasteiger partial charge is 0.261 e. The largest absolute Gasteiger partial charge is 0.507 e. The molecule has 2 heterocycles. The van der Waals surface area contributed by atoms with Crippen LogP contribution in [0.5, 0.6) is 0 Å². The van der Waals surface area contributed by atoms with Gasteiger partial charge in [0, 0.05) is 20.0 Å². The summed E-state index contributed by atoms with van der Waals surface area (Å²) in [5.41, 5.74) is -0.665. The van der Waals surface area contributed by atoms with E-state index >= 15 is 0 Å². The van der Waals surface area contributed by atoms with Gasteiger partial charge in [-0.05, 0) is 30.9 Å². The quantitative estimate of drug-likeness (QED) is 0.102. The maximum atomic E-state index is 12.2. The van der Waals surface area contributed by atoms with E-state index in [1.165, 1.54) is 38.4 Å². The molecule has 1 aliphatic carbocycles. The van der Waals surface area contributed by atoms with E-state index in [1.54, 1.807) is 24.3 Å². The highest BCUT2D eigenvalue weighted by Crippen LogP contribution is 2.27. The van der Waals surface area contributed by atoms with E-state index in [1.807, 2.05) is 18.2 Å². The predicted octanol–water partition coefficient (Wildman–Crippen LogP) is 2.33. The highest BCUT2D eigenvalue weighted by atomic mass is 16.3. The first-order chi connectivity index (χ1) is 20.1. The van der Waals surface area contributed by atoms with Crippen LogP contribution in [0, 0.1) is 11.8 Å². The fourth-order valence-electron chi connectivity index (χ4n) is 4.84. The zero-order chi connectivity index (χ0) is 30.8. The number of aliphatic hydroxyl groups excluding tert-OH is 4. The number of rotatable bonds is 10. The summed E-state index contributed by atoms with van der Waals surface area (Å²) in [5, 5.41) is 39.0. The highest BCUT2D eigenvalue weighted by molar-refractivity contribution is 6.27. The van der Waals surface area contributed by atoms with Gasteiger partial charge in [0.15, 0.2) is 11.6 Å². The standard InChI is InChI=1S/C32H36N2O8/c1-33-23(19-35)29(39)27(31(33)41)25(37)17-9-5-3-7-13-21-15-11-12-16-22(21)14-8-4-6-10-18-26(38)28-30(40)24(20-36)34(2)32(28)42/h3-11,13-15,17-18,21-24,35-38H,12,16,19-20H2,1-2H3/b5-3+,6-4+,13-7+,14-8+,17-9+,18-10+,27-25+,28-26-/t21-,22-,23+,24+/m1/s1. The monoisotopic (exact) mass is 576 g/mol. The maximum Gasteiger partial charge on any atom is 0.261 e. The molecule has 0 saturated carbocycles. The van der Waals surface area contributed by atoms with Crippen molar-refractivity contribution in [2.45, 2.75) is 24.9 Å². The number of carbonyl (C=O) groups is 4. The number of allylic oxidation sites excluding steroid dienone is 14. The highest BCUT2D eigenvalue weighted by Gasteiger charge is 2.43. The van der Waals surface area contributed by atoms with Crippen molar-refractivity contribution in [3.05, 3.63) is 108 Å². The second-order valence-electron chi connectivity index (χ2n) is 9.98. The van der Waals surface area contributed by atoms with Crippen LogP contribution in [0.4, 0.5) is 0 Å². The molecule has 4 N–H and O–H groups in total. The van der Waals surface area contributed by atoms with E-state index in [0.717, 1.165) is 22.6 Å². The summed E-state index contributed by atoms with van der Waals surface area (Å²) in [6, 6.07) is -1.95. The zero-order valence-corrected chi connectivity index (χ0v) is 23.5. The summed E-state index contributed by atoms with van der Waals surface area (Å²) >= 11 is 0. The molecule has 10 nitrogen and oxygen atoms in total. The molecule has 0 radical (unpaired) electrons. The molecule has 3 aliphatic rings. The number of hydrogen-bond donors (Lipinski definition) is 4. The number of amides is 2. The normalized spacial score (nSPS) is 28.2. The third-order valence-corrected chi connectivity index (χ3v) is 7.35. The van der Waals surface area contributed by atoms with E-state index in [4.69, 9.17) is 0 Å². The molecule has 2 fully saturated rings. The van der Waals surface area contributed by atoms with Crippen LogP contribution in [0.2, 0.25) is 0 Å². The molecule has 2 amide bonds. The molecule has 10 heteroatoms. The number of likely N-dealkylation sites (N-methyl/N-ethyl adjacent to an activating group) is 2. The van der Waals surface area contributed by atoms with E-state index in [-0.39, 0.29) is 23.0 Å². The summed E-state index contributed by atoms with van der Waals surface area (Å²) in [6.45, 7) is -1.02. The molecule has 0 unspecified atom stereocenters. The molecule has 0 bridgehead atoms. The summed E-state index contributed by atoms with van der Waals surface area (Å²) in [6.07, 6.45) is 26.5. The Morgan fingerprint density at radius 1 is 0.738 bits per heavy atom. The molecule has 4 atom stereocenters. The van der Waals surface area contributed by atoms with Gasteiger partial charge in [0.1, 0.15) is 34.7 Å². The van der Waals surface area contributed by atoms with Gasteiger partial charge in [-0.2, -0.15) is 0 Å². The zero-order valence-electron chi connectivity index (χ0n) is 23.5. The average Bonchev–Trinajstić information content (AvgIpc) is 3.33. The van der Waals surface area contributed by atoms with Gasteiger partial charge in [0.2, 0.25) is 0 Å². The lowest BCUT2D eigenvalue weighted by Crippen LogP contribution is -2.34. The summed E-state index contributed by atoms with van der Waals surface area (Å²) < 4.78 is 0. The number of hydrogen-bond acceptors (Lipinski definition) is 8. The van der Waals surface area contributed by atoms with Gasteiger partial charge in [-0.3, -0.25) is 19.2 Å². The molecule has 2 aliphatic heterocycles. The van der Waals surface area contributed by atoms with Crippen molar-refractivity contribution >= 4 is 23.4 Å². The lowest BCUT2D eigenvalue weighted by Gasteiger charge is -2.22. The molecular weight excluding hydrogens is 540 g/mol. The van der Waals surface area contributed by atoms with Crippen molar-refractivity contribution in [1.82, 2.24) is 9.80 Å². The molecule has 2 saturated heterocycles. The summed E-state index contributed by atoms with van der Waals surface area (Å²) in [7, 11) is 2.80. The van der Waals surface area contributed by atoms with Crippen LogP contribution in [-0.4, -0.2) is 93.0 Å². The molecule has 42 heavy (non-hydrogen) atoms. The van der Waals surface area contributed by atoms with Crippen LogP contribution in [0.15, 0.2) is 108 Å². The van der Waals surface area contributed by atoms with Crippen LogP contribution in [-0.2, 0) is 19.2 Å². The van der Waals surface area contributed by atoms with Crippen molar-refractivity contribution in [2.24, 2.45) is 11.8 Å². The Morgan fingerprint density at radius 2 is 1.19 bits per heavy atom. The van der Waals surface area contributed by atoms with Crippen molar-refractivity contribution in [1.29, 1.82) is 0 Å². The van der Waals surface area contributed by atoms with E-state index in [0.29, 0.717) is 0 Å². The van der Waals surface area contributed by atoms with Crippen molar-refractivity contribution in [3.63, 3.8) is 0 Å². The predicted molar refractivity (Wildman–Crippen MR) is 157 cm³/mol. The number of carbonyl (C=O) groups excluding carboxylic acids is 4. The van der Waals surface area contributed by atoms with Gasteiger partial charge < -0.3 is 30.2 Å². The minimum Gasteiger partial charge on any atom is -0.507 e. The third-order valence-electron chi connectivity index (χ3n) is 7.35. The van der Waals surface area contributed by atoms with Crippen LogP contribution in [0.1, 0.15) is 12.8 Å². The third kappa shape index (κ3) is 7.20. The fraction of sp³-hybridized carbons (Fsp3) is 0.312. The molecule has 0 aromatic heterocycles. The second-order valence-corrected chi connectivity index (χ2v) is 9.98. The van der Waals surface area contributed by atoms with Crippen molar-refractivity contribution < 1.29 is 39.6 Å². The van der Waals surface area contributed by atoms with E-state index in [9.17, 15) is 39.6 Å². The SMILES string of the molecule is CN1C(=O)/C(=C(O)/C=C/C=C/C=C/[C@@H]2CCC=C[C@H]2/C=C/C=C/C=C/C(O)=C2/C(=O)[C@H](CO)N(C)C2=O)C(=O)[C@@H]1CO. The van der Waals surface area contributed by atoms with Gasteiger partial charge >= 0.3 is 0 Å². The Bertz CT molecular complexity index is 1360. The number of ketones is 2. The molecular formula is C32H36N2O8. The Morgan fingerprint density at radius 3 is 1.64 bits per heavy atom. The van der Waals surface area contributed by atoms with Crippen LogP contribution in [0.25, 0.3) is 0 Å². The topological polar surface area (TPSA) is 156 Å². The fourth-order valence-corrected chi connectivity index (χ4v) is 4.84. The van der Waals surface area contributed by atoms with Crippen LogP contribution >= 0.6 is 0 Å². The molecule has 0 aromatic rings. The van der Waals surface area contributed by atoms with Gasteiger partial charge in [-0.15, -0.1) is 0 Å². The minimum atomic E-state index is -0.977. The summed E-state index contributed by atoms with van der Waals surface area (Å²) in [4.78, 5) is 51.0. The van der Waals surface area contributed by atoms with Gasteiger partial charge in [0.25, 0.3) is 11.8 Å². The first-order valence-corrected chi connectivity index (χ1v) is 13.5. The summed E-state index contributed by atoms with van der Waals surface area (Å²) in [5.74, 6) is -2.95. The van der Waals surface area contributed by atoms with E-state index < -0.39 is 60.2 Å². The molecule has 222 valence electrons. The average molecular weight is 577 g/mol. The van der Waals surface area contributed by atoms with Gasteiger partial charge in [-0.1, -0.05) is 72.9 Å². The Kier molecular flexibility index (Phi) is 11.3. The minimum absolute atomic E-state index is 0.160. The number of nitrogens with zero attached hydrogens (tertiary/aromatic N) is 2. The second kappa shape index (κ2) is 14.9.